The van der Waals surface area contributed by atoms with E-state index in [4.69, 9.17) is 0 Å². The van der Waals surface area contributed by atoms with Crippen molar-refractivity contribution in [3.63, 3.8) is 0 Å². The highest BCUT2D eigenvalue weighted by Gasteiger charge is 2.12. The number of hydrogen-bond acceptors (Lipinski definition) is 2. The molecule has 0 fully saturated rings. The highest BCUT2D eigenvalue weighted by molar-refractivity contribution is 5.94. The van der Waals surface area contributed by atoms with Crippen molar-refractivity contribution < 1.29 is 4.79 Å². The molecule has 0 radical (unpaired) electrons. The molecule has 1 heterocycles. The zero-order chi connectivity index (χ0) is 10.7. The van der Waals surface area contributed by atoms with E-state index in [0.717, 1.165) is 31.6 Å². The lowest BCUT2D eigenvalue weighted by Gasteiger charge is -2.05. The van der Waals surface area contributed by atoms with Gasteiger partial charge in [-0.25, -0.2) is 0 Å². The minimum Gasteiger partial charge on any atom is -0.352 e. The van der Waals surface area contributed by atoms with E-state index in [9.17, 15) is 4.79 Å². The number of hydrogen-bond donors (Lipinski definition) is 2. The van der Waals surface area contributed by atoms with Gasteiger partial charge in [0.2, 0.25) is 0 Å². The number of carbonyl (C=O) groups is 1. The molecule has 3 nitrogen and oxygen atoms in total. The van der Waals surface area contributed by atoms with Crippen LogP contribution in [-0.2, 0) is 13.1 Å². The van der Waals surface area contributed by atoms with E-state index in [1.807, 2.05) is 25.1 Å². The third-order valence-corrected chi connectivity index (χ3v) is 2.63. The fourth-order valence-electron chi connectivity index (χ4n) is 1.78. The van der Waals surface area contributed by atoms with Crippen LogP contribution in [-0.4, -0.2) is 12.5 Å². The number of halogens is 1. The highest BCUT2D eigenvalue weighted by atomic mass is 35.5. The van der Waals surface area contributed by atoms with Gasteiger partial charge in [-0.3, -0.25) is 4.79 Å². The molecule has 0 spiro atoms. The van der Waals surface area contributed by atoms with Gasteiger partial charge in [-0.15, -0.1) is 12.4 Å². The predicted octanol–water partition coefficient (Wildman–Crippen LogP) is 1.85. The van der Waals surface area contributed by atoms with Crippen LogP contribution in [0.15, 0.2) is 18.2 Å². The first-order chi connectivity index (χ1) is 7.31. The van der Waals surface area contributed by atoms with Crippen molar-refractivity contribution in [2.75, 3.05) is 6.54 Å². The van der Waals surface area contributed by atoms with E-state index in [-0.39, 0.29) is 18.3 Å². The van der Waals surface area contributed by atoms with Crippen molar-refractivity contribution in [1.82, 2.24) is 10.6 Å². The molecule has 16 heavy (non-hydrogen) atoms. The topological polar surface area (TPSA) is 41.1 Å². The molecule has 2 N–H and O–H groups in total. The van der Waals surface area contributed by atoms with Gasteiger partial charge in [-0.2, -0.15) is 0 Å². The van der Waals surface area contributed by atoms with Crippen molar-refractivity contribution in [2.24, 2.45) is 0 Å². The molecule has 0 atom stereocenters. The van der Waals surface area contributed by atoms with Crippen LogP contribution in [0.25, 0.3) is 0 Å². The molecule has 0 unspecified atom stereocenters. The van der Waals surface area contributed by atoms with Gasteiger partial charge in [-0.05, 0) is 29.7 Å². The maximum absolute atomic E-state index is 11.7. The predicted molar refractivity (Wildman–Crippen MR) is 66.9 cm³/mol. The summed E-state index contributed by atoms with van der Waals surface area (Å²) in [5.41, 5.74) is 3.33. The van der Waals surface area contributed by atoms with Gasteiger partial charge < -0.3 is 10.6 Å². The molecule has 0 saturated carbocycles. The summed E-state index contributed by atoms with van der Waals surface area (Å²) in [6.07, 6.45) is 0.970. The summed E-state index contributed by atoms with van der Waals surface area (Å²) in [6.45, 7) is 4.59. The second kappa shape index (κ2) is 5.87. The van der Waals surface area contributed by atoms with Crippen LogP contribution in [0.1, 0.15) is 34.8 Å². The van der Waals surface area contributed by atoms with Crippen molar-refractivity contribution >= 4 is 18.3 Å². The number of carbonyl (C=O) groups excluding carboxylic acids is 1. The Hall–Kier alpha value is -1.06. The number of amides is 1. The molecule has 2 rings (SSSR count). The fraction of sp³-hybridized carbons (Fsp3) is 0.417. The zero-order valence-electron chi connectivity index (χ0n) is 9.38. The summed E-state index contributed by atoms with van der Waals surface area (Å²) in [6, 6.07) is 5.92. The summed E-state index contributed by atoms with van der Waals surface area (Å²) in [4.78, 5) is 11.7. The van der Waals surface area contributed by atoms with Crippen LogP contribution in [0.5, 0.6) is 0 Å². The lowest BCUT2D eigenvalue weighted by molar-refractivity contribution is 0.0953. The Balaban J connectivity index is 0.00000128. The minimum atomic E-state index is 0. The molecule has 1 aliphatic heterocycles. The Morgan fingerprint density at radius 1 is 1.38 bits per heavy atom. The van der Waals surface area contributed by atoms with E-state index >= 15 is 0 Å². The SMILES string of the molecule is CCCNC(=O)c1ccc2c(c1)CNC2.Cl. The Kier molecular flexibility index (Phi) is 4.77. The summed E-state index contributed by atoms with van der Waals surface area (Å²) < 4.78 is 0. The standard InChI is InChI=1S/C12H16N2O.ClH/c1-2-5-14-12(15)9-3-4-10-7-13-8-11(10)6-9;/h3-4,6,13H,2,5,7-8H2,1H3,(H,14,15);1H. The summed E-state index contributed by atoms with van der Waals surface area (Å²) in [7, 11) is 0. The lowest BCUT2D eigenvalue weighted by Crippen LogP contribution is -2.24. The van der Waals surface area contributed by atoms with Gasteiger partial charge in [0.1, 0.15) is 0 Å². The highest BCUT2D eigenvalue weighted by Crippen LogP contribution is 2.16. The quantitative estimate of drug-likeness (QED) is 0.847. The Bertz CT molecular complexity index is 379. The summed E-state index contributed by atoms with van der Waals surface area (Å²) in [5.74, 6) is 0.0338. The normalized spacial score (nSPS) is 12.8. The molecule has 1 aromatic carbocycles. The molecule has 4 heteroatoms. The van der Waals surface area contributed by atoms with Gasteiger partial charge in [0.25, 0.3) is 5.91 Å². The first-order valence-electron chi connectivity index (χ1n) is 5.42. The molecule has 0 aliphatic carbocycles. The van der Waals surface area contributed by atoms with Crippen LogP contribution in [0, 0.1) is 0 Å². The van der Waals surface area contributed by atoms with Crippen LogP contribution in [0.4, 0.5) is 0 Å². The molecule has 1 amide bonds. The molecule has 0 aromatic heterocycles. The molecular formula is C12H17ClN2O. The van der Waals surface area contributed by atoms with Crippen LogP contribution >= 0.6 is 12.4 Å². The van der Waals surface area contributed by atoms with Crippen molar-refractivity contribution in [3.05, 3.63) is 34.9 Å². The summed E-state index contributed by atoms with van der Waals surface area (Å²) >= 11 is 0. The largest absolute Gasteiger partial charge is 0.352 e. The molecule has 1 aliphatic rings. The lowest BCUT2D eigenvalue weighted by atomic mass is 10.1. The van der Waals surface area contributed by atoms with Crippen LogP contribution < -0.4 is 10.6 Å². The maximum Gasteiger partial charge on any atom is 0.251 e. The van der Waals surface area contributed by atoms with Crippen LogP contribution in [0.2, 0.25) is 0 Å². The van der Waals surface area contributed by atoms with Gasteiger partial charge in [-0.1, -0.05) is 13.0 Å². The Morgan fingerprint density at radius 2 is 2.12 bits per heavy atom. The van der Waals surface area contributed by atoms with Gasteiger partial charge in [0, 0.05) is 25.2 Å². The van der Waals surface area contributed by atoms with E-state index in [0.29, 0.717) is 0 Å². The van der Waals surface area contributed by atoms with Gasteiger partial charge >= 0.3 is 0 Å². The first kappa shape index (κ1) is 13.0. The number of nitrogens with one attached hydrogen (secondary N) is 2. The second-order valence-electron chi connectivity index (χ2n) is 3.84. The van der Waals surface area contributed by atoms with Crippen LogP contribution in [0.3, 0.4) is 0 Å². The average molecular weight is 241 g/mol. The van der Waals surface area contributed by atoms with E-state index in [1.165, 1.54) is 11.1 Å². The van der Waals surface area contributed by atoms with E-state index in [2.05, 4.69) is 10.6 Å². The number of fused-ring (bicyclic) bond motifs is 1. The smallest absolute Gasteiger partial charge is 0.251 e. The zero-order valence-corrected chi connectivity index (χ0v) is 10.2. The van der Waals surface area contributed by atoms with Gasteiger partial charge in [0.05, 0.1) is 0 Å². The maximum atomic E-state index is 11.7. The summed E-state index contributed by atoms with van der Waals surface area (Å²) in [5, 5.41) is 6.15. The van der Waals surface area contributed by atoms with E-state index in [1.54, 1.807) is 0 Å². The van der Waals surface area contributed by atoms with Crippen molar-refractivity contribution in [2.45, 2.75) is 26.4 Å². The third-order valence-electron chi connectivity index (χ3n) is 2.63. The molecule has 0 bridgehead atoms. The molecule has 1 aromatic rings. The van der Waals surface area contributed by atoms with E-state index < -0.39 is 0 Å². The average Bonchev–Trinajstić information content (AvgIpc) is 2.72. The monoisotopic (exact) mass is 240 g/mol. The fourth-order valence-corrected chi connectivity index (χ4v) is 1.78. The van der Waals surface area contributed by atoms with Crippen molar-refractivity contribution in [3.8, 4) is 0 Å². The molecule has 88 valence electrons. The Labute approximate surface area is 102 Å². The van der Waals surface area contributed by atoms with Crippen molar-refractivity contribution in [1.29, 1.82) is 0 Å². The number of rotatable bonds is 3. The Morgan fingerprint density at radius 3 is 2.88 bits per heavy atom. The first-order valence-corrected chi connectivity index (χ1v) is 5.42. The third kappa shape index (κ3) is 2.74. The number of benzene rings is 1. The second-order valence-corrected chi connectivity index (χ2v) is 3.84. The minimum absolute atomic E-state index is 0. The van der Waals surface area contributed by atoms with Gasteiger partial charge in [0.15, 0.2) is 0 Å². The molecule has 0 saturated heterocycles. The molecular weight excluding hydrogens is 224 g/mol.